The standard InChI is InChI=1S/C6H13NO.O/c8-6-3-1-2-4-7-5-6;/h6-8H,1-5H2;. The predicted octanol–water partition coefficient (Wildman–Crippen LogP) is 0.00200. The zero-order valence-electron chi connectivity index (χ0n) is 5.47. The average molecular weight is 131 g/mol. The van der Waals surface area contributed by atoms with Crippen molar-refractivity contribution >= 4 is 0 Å². The molecule has 0 aromatic heterocycles. The van der Waals surface area contributed by atoms with Crippen LogP contribution in [-0.4, -0.2) is 24.3 Å². The van der Waals surface area contributed by atoms with Gasteiger partial charge in [-0.2, -0.15) is 0 Å². The van der Waals surface area contributed by atoms with Gasteiger partial charge in [-0.25, -0.2) is 0 Å². The van der Waals surface area contributed by atoms with E-state index < -0.39 is 0 Å². The van der Waals surface area contributed by atoms with E-state index in [1.54, 1.807) is 0 Å². The van der Waals surface area contributed by atoms with Gasteiger partial charge in [-0.3, -0.25) is 0 Å². The molecular weight excluding hydrogens is 118 g/mol. The molecule has 1 saturated heterocycles. The Labute approximate surface area is 55.4 Å². The van der Waals surface area contributed by atoms with E-state index in [1.165, 1.54) is 12.8 Å². The molecule has 0 aromatic carbocycles. The summed E-state index contributed by atoms with van der Waals surface area (Å²) in [6.07, 6.45) is 3.29. The molecule has 0 spiro atoms. The van der Waals surface area contributed by atoms with E-state index in [4.69, 9.17) is 5.11 Å². The Bertz CT molecular complexity index is 60.1. The molecule has 2 radical (unpaired) electrons. The fraction of sp³-hybridized carbons (Fsp3) is 1.00. The lowest BCUT2D eigenvalue weighted by atomic mass is 10.2. The molecule has 0 amide bonds. The van der Waals surface area contributed by atoms with Gasteiger partial charge < -0.3 is 10.4 Å². The van der Waals surface area contributed by atoms with Crippen LogP contribution in [-0.2, 0) is 5.48 Å². The molecule has 1 heterocycles. The lowest BCUT2D eigenvalue weighted by Gasteiger charge is -2.03. The molecule has 1 rings (SSSR count). The maximum atomic E-state index is 9.03. The molecule has 0 bridgehead atoms. The second-order valence-corrected chi connectivity index (χ2v) is 2.35. The summed E-state index contributed by atoms with van der Waals surface area (Å²) in [4.78, 5) is 0. The number of aliphatic hydroxyl groups excluding tert-OH is 1. The molecule has 1 aliphatic rings. The number of hydrogen-bond donors (Lipinski definition) is 2. The van der Waals surface area contributed by atoms with Crippen LogP contribution in [0.25, 0.3) is 0 Å². The van der Waals surface area contributed by atoms with E-state index in [-0.39, 0.29) is 11.6 Å². The van der Waals surface area contributed by atoms with Crippen LogP contribution >= 0.6 is 0 Å². The van der Waals surface area contributed by atoms with Gasteiger partial charge in [0.1, 0.15) is 0 Å². The summed E-state index contributed by atoms with van der Waals surface area (Å²) in [5.74, 6) is 0. The molecule has 1 aliphatic heterocycles. The Morgan fingerprint density at radius 3 is 2.89 bits per heavy atom. The smallest absolute Gasteiger partial charge is 0.0664 e. The highest BCUT2D eigenvalue weighted by Gasteiger charge is 2.05. The SMILES string of the molecule is OC1CCCCNC1.[O]. The lowest BCUT2D eigenvalue weighted by molar-refractivity contribution is 0.168. The maximum Gasteiger partial charge on any atom is 0.0664 e. The number of aliphatic hydroxyl groups is 1. The first-order valence-electron chi connectivity index (χ1n) is 3.28. The second kappa shape index (κ2) is 4.73. The van der Waals surface area contributed by atoms with E-state index >= 15 is 0 Å². The van der Waals surface area contributed by atoms with E-state index in [1.807, 2.05) is 0 Å². The van der Waals surface area contributed by atoms with Crippen LogP contribution in [0.3, 0.4) is 0 Å². The number of nitrogens with one attached hydrogen (secondary N) is 1. The molecule has 54 valence electrons. The topological polar surface area (TPSA) is 60.8 Å². The van der Waals surface area contributed by atoms with Crippen LogP contribution in [0.15, 0.2) is 0 Å². The molecule has 1 atom stereocenters. The Kier molecular flexibility index (Phi) is 4.67. The summed E-state index contributed by atoms with van der Waals surface area (Å²) >= 11 is 0. The van der Waals surface area contributed by atoms with Gasteiger partial charge in [-0.15, -0.1) is 0 Å². The molecule has 1 unspecified atom stereocenters. The van der Waals surface area contributed by atoms with Crippen LogP contribution < -0.4 is 5.32 Å². The van der Waals surface area contributed by atoms with E-state index in [9.17, 15) is 0 Å². The van der Waals surface area contributed by atoms with Crippen molar-refractivity contribution in [1.29, 1.82) is 0 Å². The largest absolute Gasteiger partial charge is 0.392 e. The highest BCUT2D eigenvalue weighted by atomic mass is 16.3. The summed E-state index contributed by atoms with van der Waals surface area (Å²) in [5.41, 5.74) is 0. The van der Waals surface area contributed by atoms with Gasteiger partial charge >= 0.3 is 0 Å². The van der Waals surface area contributed by atoms with Crippen molar-refractivity contribution in [3.05, 3.63) is 0 Å². The molecule has 9 heavy (non-hydrogen) atoms. The van der Waals surface area contributed by atoms with E-state index in [2.05, 4.69) is 5.32 Å². The van der Waals surface area contributed by atoms with Gasteiger partial charge in [-0.1, -0.05) is 0 Å². The van der Waals surface area contributed by atoms with Crippen molar-refractivity contribution in [2.45, 2.75) is 25.4 Å². The first-order valence-corrected chi connectivity index (χ1v) is 3.28. The summed E-state index contributed by atoms with van der Waals surface area (Å²) < 4.78 is 0. The van der Waals surface area contributed by atoms with Gasteiger partial charge in [0, 0.05) is 12.0 Å². The first kappa shape index (κ1) is 8.88. The van der Waals surface area contributed by atoms with Crippen LogP contribution in [0.5, 0.6) is 0 Å². The molecule has 2 N–H and O–H groups in total. The van der Waals surface area contributed by atoms with Crippen LogP contribution in [0.1, 0.15) is 19.3 Å². The monoisotopic (exact) mass is 131 g/mol. The Morgan fingerprint density at radius 1 is 1.33 bits per heavy atom. The number of rotatable bonds is 0. The minimum absolute atomic E-state index is 0. The number of β-amino-alcohol motifs (C(OH)–C–C–N with tert-alkyl or cyclic N) is 1. The quantitative estimate of drug-likeness (QED) is 0.486. The lowest BCUT2D eigenvalue weighted by Crippen LogP contribution is -2.23. The summed E-state index contributed by atoms with van der Waals surface area (Å²) in [7, 11) is 0. The van der Waals surface area contributed by atoms with Crippen molar-refractivity contribution < 1.29 is 10.6 Å². The van der Waals surface area contributed by atoms with Crippen molar-refractivity contribution in [3.8, 4) is 0 Å². The molecule has 0 saturated carbocycles. The van der Waals surface area contributed by atoms with Gasteiger partial charge in [0.15, 0.2) is 0 Å². The second-order valence-electron chi connectivity index (χ2n) is 2.35. The van der Waals surface area contributed by atoms with Crippen molar-refractivity contribution in [3.63, 3.8) is 0 Å². The van der Waals surface area contributed by atoms with Crippen molar-refractivity contribution in [2.75, 3.05) is 13.1 Å². The fourth-order valence-electron chi connectivity index (χ4n) is 1.00. The van der Waals surface area contributed by atoms with E-state index in [0.29, 0.717) is 0 Å². The average Bonchev–Trinajstić information content (AvgIpc) is 1.94. The predicted molar refractivity (Wildman–Crippen MR) is 33.4 cm³/mol. The highest BCUT2D eigenvalue weighted by Crippen LogP contribution is 2.02. The normalized spacial score (nSPS) is 28.3. The maximum absolute atomic E-state index is 9.03. The van der Waals surface area contributed by atoms with Crippen LogP contribution in [0.2, 0.25) is 0 Å². The highest BCUT2D eigenvalue weighted by molar-refractivity contribution is 4.64. The van der Waals surface area contributed by atoms with Gasteiger partial charge in [0.25, 0.3) is 0 Å². The zero-order valence-corrected chi connectivity index (χ0v) is 5.47. The molecule has 3 heteroatoms. The third-order valence-electron chi connectivity index (χ3n) is 1.52. The summed E-state index contributed by atoms with van der Waals surface area (Å²) in [6.45, 7) is 1.87. The Hall–Kier alpha value is -0.120. The van der Waals surface area contributed by atoms with E-state index in [0.717, 1.165) is 19.5 Å². The minimum Gasteiger partial charge on any atom is -0.392 e. The molecule has 3 nitrogen and oxygen atoms in total. The summed E-state index contributed by atoms with van der Waals surface area (Å²) in [5, 5.41) is 12.2. The van der Waals surface area contributed by atoms with Gasteiger partial charge in [-0.05, 0) is 25.8 Å². The molecule has 1 fully saturated rings. The fourth-order valence-corrected chi connectivity index (χ4v) is 1.00. The Balaban J connectivity index is 0.000000640. The summed E-state index contributed by atoms with van der Waals surface area (Å²) in [6, 6.07) is 0. The van der Waals surface area contributed by atoms with Gasteiger partial charge in [0.2, 0.25) is 0 Å². The third kappa shape index (κ3) is 3.46. The molecule has 0 aliphatic carbocycles. The van der Waals surface area contributed by atoms with Crippen LogP contribution in [0.4, 0.5) is 0 Å². The van der Waals surface area contributed by atoms with Crippen molar-refractivity contribution in [1.82, 2.24) is 5.32 Å². The third-order valence-corrected chi connectivity index (χ3v) is 1.52. The van der Waals surface area contributed by atoms with Crippen LogP contribution in [0, 0.1) is 0 Å². The van der Waals surface area contributed by atoms with Gasteiger partial charge in [0.05, 0.1) is 6.10 Å². The molecule has 0 aromatic rings. The Morgan fingerprint density at radius 2 is 2.11 bits per heavy atom. The first-order chi connectivity index (χ1) is 3.89. The zero-order chi connectivity index (χ0) is 5.82. The number of hydrogen-bond acceptors (Lipinski definition) is 2. The molecular formula is C6H13NO2. The minimum atomic E-state index is -0.0856. The van der Waals surface area contributed by atoms with Crippen molar-refractivity contribution in [2.24, 2.45) is 0 Å².